The third-order valence-corrected chi connectivity index (χ3v) is 5.88. The van der Waals surface area contributed by atoms with Gasteiger partial charge >= 0.3 is 0 Å². The van der Waals surface area contributed by atoms with Gasteiger partial charge in [-0.25, -0.2) is 5.43 Å². The van der Waals surface area contributed by atoms with Crippen LogP contribution in [0.3, 0.4) is 0 Å². The molecule has 0 unspecified atom stereocenters. The number of benzene rings is 2. The molecule has 2 aromatic carbocycles. The smallest absolute Gasteiger partial charge is 0.270 e. The number of carbonyl (C=O) groups excluding carboxylic acids is 1. The first kappa shape index (κ1) is 21.8. The number of nitro benzene ring substituents is 1. The number of rotatable bonds is 8. The molecule has 9 heteroatoms. The highest BCUT2D eigenvalue weighted by Gasteiger charge is 2.17. The number of anilines is 1. The van der Waals surface area contributed by atoms with Gasteiger partial charge < -0.3 is 9.64 Å². The van der Waals surface area contributed by atoms with Crippen molar-refractivity contribution in [2.24, 2.45) is 5.10 Å². The van der Waals surface area contributed by atoms with E-state index >= 15 is 0 Å². The van der Waals surface area contributed by atoms with E-state index in [1.807, 2.05) is 37.3 Å². The average Bonchev–Trinajstić information content (AvgIpc) is 2.78. The number of hydrazone groups is 1. The fourth-order valence-corrected chi connectivity index (χ4v) is 3.82. The van der Waals surface area contributed by atoms with Crippen molar-refractivity contribution in [1.29, 1.82) is 0 Å². The summed E-state index contributed by atoms with van der Waals surface area (Å²) in [6.45, 7) is 4.40. The maximum Gasteiger partial charge on any atom is 0.270 e. The first-order valence-electron chi connectivity index (χ1n) is 9.64. The molecule has 1 heterocycles. The molecule has 2 aromatic rings. The lowest BCUT2D eigenvalue weighted by Crippen LogP contribution is -2.36. The molecular formula is C21H24N4O4S. The van der Waals surface area contributed by atoms with E-state index in [0.717, 1.165) is 17.0 Å². The molecule has 1 saturated heterocycles. The molecule has 0 bridgehead atoms. The van der Waals surface area contributed by atoms with E-state index in [0.29, 0.717) is 31.9 Å². The van der Waals surface area contributed by atoms with Crippen LogP contribution >= 0.6 is 11.8 Å². The van der Waals surface area contributed by atoms with Gasteiger partial charge in [-0.2, -0.15) is 5.10 Å². The molecule has 0 aliphatic carbocycles. The highest BCUT2D eigenvalue weighted by molar-refractivity contribution is 7.99. The van der Waals surface area contributed by atoms with Gasteiger partial charge in [0.2, 0.25) is 0 Å². The maximum atomic E-state index is 12.3. The summed E-state index contributed by atoms with van der Waals surface area (Å²) in [5.41, 5.74) is 5.08. The van der Waals surface area contributed by atoms with Crippen LogP contribution in [0.25, 0.3) is 0 Å². The van der Waals surface area contributed by atoms with Crippen molar-refractivity contribution in [2.45, 2.75) is 17.9 Å². The lowest BCUT2D eigenvalue weighted by Gasteiger charge is -2.29. The summed E-state index contributed by atoms with van der Waals surface area (Å²) in [5, 5.41) is 14.9. The van der Waals surface area contributed by atoms with Crippen molar-refractivity contribution in [3.8, 4) is 0 Å². The van der Waals surface area contributed by atoms with Gasteiger partial charge in [-0.1, -0.05) is 30.3 Å². The molecule has 3 rings (SSSR count). The van der Waals surface area contributed by atoms with Crippen LogP contribution in [0.15, 0.2) is 53.6 Å². The number of carbonyl (C=O) groups is 1. The fraction of sp³-hybridized carbons (Fsp3) is 0.333. The second kappa shape index (κ2) is 10.7. The Balaban J connectivity index is 1.64. The molecule has 1 fully saturated rings. The van der Waals surface area contributed by atoms with E-state index in [2.05, 4.69) is 15.4 Å². The molecule has 1 aliphatic rings. The highest BCUT2D eigenvalue weighted by atomic mass is 32.2. The molecule has 8 nitrogen and oxygen atoms in total. The lowest BCUT2D eigenvalue weighted by molar-refractivity contribution is -0.384. The van der Waals surface area contributed by atoms with Crippen LogP contribution in [0, 0.1) is 10.1 Å². The van der Waals surface area contributed by atoms with Crippen molar-refractivity contribution in [1.82, 2.24) is 5.43 Å². The fourth-order valence-electron chi connectivity index (χ4n) is 2.98. The standard InChI is InChI=1S/C21H24N4O4S/c1-16(30-15-17-5-3-2-4-6-17)21(26)23-22-14-18-13-19(25(27)28)7-8-20(18)24-9-11-29-12-10-24/h2-8,13-14,16H,9-12,15H2,1H3,(H,23,26)/b22-14-/t16-/m1/s1. The second-order valence-electron chi connectivity index (χ2n) is 6.77. The number of nitro groups is 1. The van der Waals surface area contributed by atoms with E-state index in [-0.39, 0.29) is 16.8 Å². The van der Waals surface area contributed by atoms with Gasteiger partial charge in [0.1, 0.15) is 0 Å². The van der Waals surface area contributed by atoms with Crippen molar-refractivity contribution >= 4 is 35.3 Å². The third-order valence-electron chi connectivity index (χ3n) is 4.66. The predicted octanol–water partition coefficient (Wildman–Crippen LogP) is 3.20. The summed E-state index contributed by atoms with van der Waals surface area (Å²) in [7, 11) is 0. The SMILES string of the molecule is C[C@@H](SCc1ccccc1)C(=O)N/N=C\c1cc([N+](=O)[O-])ccc1N1CCOCC1. The summed E-state index contributed by atoms with van der Waals surface area (Å²) in [6, 6.07) is 14.6. The van der Waals surface area contributed by atoms with Crippen molar-refractivity contribution in [2.75, 3.05) is 31.2 Å². The Bertz CT molecular complexity index is 901. The number of morpholine rings is 1. The Hall–Kier alpha value is -2.91. The third kappa shape index (κ3) is 6.04. The summed E-state index contributed by atoms with van der Waals surface area (Å²) in [5.74, 6) is 0.510. The Labute approximate surface area is 179 Å². The van der Waals surface area contributed by atoms with E-state index in [1.54, 1.807) is 6.07 Å². The quantitative estimate of drug-likeness (QED) is 0.394. The van der Waals surface area contributed by atoms with E-state index in [9.17, 15) is 14.9 Å². The zero-order valence-corrected chi connectivity index (χ0v) is 17.5. The predicted molar refractivity (Wildman–Crippen MR) is 119 cm³/mol. The van der Waals surface area contributed by atoms with Crippen molar-refractivity contribution in [3.63, 3.8) is 0 Å². The van der Waals surface area contributed by atoms with Crippen LogP contribution in [-0.4, -0.2) is 48.6 Å². The van der Waals surface area contributed by atoms with Crippen LogP contribution in [-0.2, 0) is 15.3 Å². The van der Waals surface area contributed by atoms with Gasteiger partial charge in [-0.15, -0.1) is 11.8 Å². The number of thioether (sulfide) groups is 1. The van der Waals surface area contributed by atoms with E-state index in [4.69, 9.17) is 4.74 Å². The molecule has 158 valence electrons. The van der Waals surface area contributed by atoms with Gasteiger partial charge in [0.05, 0.1) is 29.6 Å². The van der Waals surface area contributed by atoms with Gasteiger partial charge in [-0.3, -0.25) is 14.9 Å². The number of nitrogens with one attached hydrogen (secondary N) is 1. The summed E-state index contributed by atoms with van der Waals surface area (Å²) in [6.07, 6.45) is 1.46. The van der Waals surface area contributed by atoms with Crippen LogP contribution in [0.1, 0.15) is 18.1 Å². The largest absolute Gasteiger partial charge is 0.378 e. The molecule has 30 heavy (non-hydrogen) atoms. The first-order valence-corrected chi connectivity index (χ1v) is 10.7. The zero-order valence-electron chi connectivity index (χ0n) is 16.7. The van der Waals surface area contributed by atoms with Crippen LogP contribution in [0.2, 0.25) is 0 Å². The number of amides is 1. The molecule has 1 amide bonds. The minimum Gasteiger partial charge on any atom is -0.378 e. The van der Waals surface area contributed by atoms with Crippen molar-refractivity contribution in [3.05, 3.63) is 69.8 Å². The first-order chi connectivity index (χ1) is 14.5. The molecule has 0 radical (unpaired) electrons. The molecule has 0 spiro atoms. The van der Waals surface area contributed by atoms with Gasteiger partial charge in [0.25, 0.3) is 11.6 Å². The topological polar surface area (TPSA) is 97.1 Å². The molecule has 1 N–H and O–H groups in total. The molecular weight excluding hydrogens is 404 g/mol. The number of hydrogen-bond acceptors (Lipinski definition) is 7. The van der Waals surface area contributed by atoms with Crippen molar-refractivity contribution < 1.29 is 14.5 Å². The second-order valence-corrected chi connectivity index (χ2v) is 8.10. The van der Waals surface area contributed by atoms with E-state index < -0.39 is 4.92 Å². The minimum atomic E-state index is -0.443. The summed E-state index contributed by atoms with van der Waals surface area (Å²) in [4.78, 5) is 25.1. The molecule has 1 atom stereocenters. The Kier molecular flexibility index (Phi) is 7.81. The average molecular weight is 429 g/mol. The molecule has 1 aliphatic heterocycles. The summed E-state index contributed by atoms with van der Waals surface area (Å²) < 4.78 is 5.37. The zero-order chi connectivity index (χ0) is 21.3. The normalized spacial score (nSPS) is 15.2. The highest BCUT2D eigenvalue weighted by Crippen LogP contribution is 2.25. The number of non-ortho nitro benzene ring substituents is 1. The molecule has 0 aromatic heterocycles. The number of hydrogen-bond donors (Lipinski definition) is 1. The van der Waals surface area contributed by atoms with Crippen LogP contribution < -0.4 is 10.3 Å². The lowest BCUT2D eigenvalue weighted by atomic mass is 10.1. The Morgan fingerprint density at radius 1 is 1.30 bits per heavy atom. The minimum absolute atomic E-state index is 0.0217. The monoisotopic (exact) mass is 428 g/mol. The Morgan fingerprint density at radius 3 is 2.73 bits per heavy atom. The summed E-state index contributed by atoms with van der Waals surface area (Å²) >= 11 is 1.52. The Morgan fingerprint density at radius 2 is 2.03 bits per heavy atom. The number of ether oxygens (including phenoxy) is 1. The van der Waals surface area contributed by atoms with Crippen LogP contribution in [0.5, 0.6) is 0 Å². The maximum absolute atomic E-state index is 12.3. The van der Waals surface area contributed by atoms with Gasteiger partial charge in [-0.05, 0) is 18.6 Å². The van der Waals surface area contributed by atoms with Gasteiger partial charge in [0.15, 0.2) is 0 Å². The van der Waals surface area contributed by atoms with E-state index in [1.165, 1.54) is 30.1 Å². The number of nitrogens with zero attached hydrogens (tertiary/aromatic N) is 3. The van der Waals surface area contributed by atoms with Gasteiger partial charge in [0, 0.05) is 42.2 Å². The molecule has 0 saturated carbocycles. The van der Waals surface area contributed by atoms with Crippen LogP contribution in [0.4, 0.5) is 11.4 Å².